The molecular weight excluding hydrogens is 235 g/mol. The van der Waals surface area contributed by atoms with Gasteiger partial charge in [-0.2, -0.15) is 0 Å². The summed E-state index contributed by atoms with van der Waals surface area (Å²) >= 11 is 1.50. The fourth-order valence-electron chi connectivity index (χ4n) is 1.58. The third kappa shape index (κ3) is 1.86. The van der Waals surface area contributed by atoms with Gasteiger partial charge in [0.2, 0.25) is 0 Å². The van der Waals surface area contributed by atoms with Crippen LogP contribution < -0.4 is 0 Å². The Morgan fingerprint density at radius 2 is 1.77 bits per heavy atom. The van der Waals surface area contributed by atoms with E-state index in [0.717, 1.165) is 6.42 Å². The predicted molar refractivity (Wildman–Crippen MR) is 53.7 cm³/mol. The van der Waals surface area contributed by atoms with Crippen molar-refractivity contribution in [2.75, 3.05) is 0 Å². The summed E-state index contributed by atoms with van der Waals surface area (Å²) in [5.41, 5.74) is 1.44. The van der Waals surface area contributed by atoms with Gasteiger partial charge in [-0.15, -0.1) is 0 Å². The Balaban J connectivity index is 2.68. The first-order valence-electron chi connectivity index (χ1n) is 4.37. The second-order valence-electron chi connectivity index (χ2n) is 3.05. The Labute approximate surface area is 92.9 Å². The maximum atomic E-state index is 2.29. The molecule has 0 spiro atoms. The summed E-state index contributed by atoms with van der Waals surface area (Å²) in [4.78, 5) is 0. The minimum absolute atomic E-state index is 1.10. The summed E-state index contributed by atoms with van der Waals surface area (Å²) in [5, 5.41) is 2.74. The van der Waals surface area contributed by atoms with Crippen molar-refractivity contribution in [3.8, 4) is 0 Å². The van der Waals surface area contributed by atoms with Crippen LogP contribution in [0.4, 0.5) is 0 Å². The quantitative estimate of drug-likeness (QED) is 0.763. The van der Waals surface area contributed by atoms with E-state index in [1.807, 2.05) is 0 Å². The summed E-state index contributed by atoms with van der Waals surface area (Å²) < 4.78 is 2.29. The SMILES string of the molecule is [Zr+2]=[CH]Cc1cccc2ccccc12. The third-order valence-corrected chi connectivity index (χ3v) is 2.70. The summed E-state index contributed by atoms with van der Waals surface area (Å²) in [6.07, 6.45) is 1.10. The van der Waals surface area contributed by atoms with Crippen molar-refractivity contribution >= 4 is 14.5 Å². The molecule has 0 aromatic heterocycles. The van der Waals surface area contributed by atoms with Crippen molar-refractivity contribution in [2.24, 2.45) is 0 Å². The Hall–Kier alpha value is -0.547. The molecule has 0 aliphatic carbocycles. The molecule has 0 heterocycles. The minimum atomic E-state index is 1.10. The van der Waals surface area contributed by atoms with Gasteiger partial charge in [0, 0.05) is 0 Å². The average Bonchev–Trinajstić information content (AvgIpc) is 2.19. The fraction of sp³-hybridized carbons (Fsp3) is 0.0833. The Bertz CT molecular complexity index is 427. The van der Waals surface area contributed by atoms with Crippen LogP contribution in [0.5, 0.6) is 0 Å². The normalized spacial score (nSPS) is 10.3. The monoisotopic (exact) mass is 244 g/mol. The van der Waals surface area contributed by atoms with Crippen LogP contribution in [0.2, 0.25) is 0 Å². The molecule has 0 N–H and O–H groups in total. The molecule has 13 heavy (non-hydrogen) atoms. The van der Waals surface area contributed by atoms with E-state index in [-0.39, 0.29) is 0 Å². The molecule has 0 atom stereocenters. The second kappa shape index (κ2) is 4.11. The van der Waals surface area contributed by atoms with Gasteiger partial charge in [-0.1, -0.05) is 0 Å². The fourth-order valence-corrected chi connectivity index (χ4v) is 2.12. The van der Waals surface area contributed by atoms with Gasteiger partial charge in [0.05, 0.1) is 0 Å². The van der Waals surface area contributed by atoms with Crippen LogP contribution in [0, 0.1) is 0 Å². The summed E-state index contributed by atoms with van der Waals surface area (Å²) in [7, 11) is 0. The van der Waals surface area contributed by atoms with Gasteiger partial charge in [0.1, 0.15) is 0 Å². The molecule has 0 saturated heterocycles. The molecule has 0 unspecified atom stereocenters. The molecule has 2 rings (SSSR count). The Morgan fingerprint density at radius 1 is 1.00 bits per heavy atom. The van der Waals surface area contributed by atoms with Crippen molar-refractivity contribution in [2.45, 2.75) is 6.42 Å². The van der Waals surface area contributed by atoms with Gasteiger partial charge < -0.3 is 0 Å². The van der Waals surface area contributed by atoms with Crippen molar-refractivity contribution in [1.29, 1.82) is 0 Å². The zero-order valence-electron chi connectivity index (χ0n) is 7.33. The molecule has 0 fully saturated rings. The summed E-state index contributed by atoms with van der Waals surface area (Å²) in [6.45, 7) is 0. The standard InChI is InChI=1S/C12H10.Zr/c1-2-10-7-5-8-11-6-3-4-9-12(10)11;/h1,3-9H,2H2;/q;+2. The van der Waals surface area contributed by atoms with E-state index in [0.29, 0.717) is 0 Å². The van der Waals surface area contributed by atoms with Gasteiger partial charge in [-0.05, 0) is 0 Å². The van der Waals surface area contributed by atoms with Gasteiger partial charge in [0.15, 0.2) is 0 Å². The van der Waals surface area contributed by atoms with Crippen LogP contribution in [-0.4, -0.2) is 3.71 Å². The van der Waals surface area contributed by atoms with E-state index < -0.39 is 0 Å². The number of fused-ring (bicyclic) bond motifs is 1. The summed E-state index contributed by atoms with van der Waals surface area (Å²) in [6, 6.07) is 15.1. The average molecular weight is 245 g/mol. The number of benzene rings is 2. The van der Waals surface area contributed by atoms with Crippen molar-refractivity contribution in [1.82, 2.24) is 0 Å². The molecule has 2 aromatic rings. The first-order chi connectivity index (χ1) is 6.42. The number of rotatable bonds is 2. The molecular formula is C12H10Zr+2. The topological polar surface area (TPSA) is 0 Å². The third-order valence-electron chi connectivity index (χ3n) is 2.20. The molecule has 0 aliphatic rings. The zero-order valence-corrected chi connectivity index (χ0v) is 9.78. The zero-order chi connectivity index (χ0) is 9.10. The molecule has 0 nitrogen and oxygen atoms in total. The molecule has 2 aromatic carbocycles. The second-order valence-corrected chi connectivity index (χ2v) is 4.05. The van der Waals surface area contributed by atoms with E-state index in [1.165, 1.54) is 40.6 Å². The molecule has 0 aliphatic heterocycles. The van der Waals surface area contributed by atoms with E-state index in [2.05, 4.69) is 46.2 Å². The first-order valence-corrected chi connectivity index (χ1v) is 5.79. The maximum absolute atomic E-state index is 2.29. The van der Waals surface area contributed by atoms with E-state index in [4.69, 9.17) is 0 Å². The van der Waals surface area contributed by atoms with E-state index >= 15 is 0 Å². The van der Waals surface area contributed by atoms with E-state index in [1.54, 1.807) is 0 Å². The van der Waals surface area contributed by atoms with Gasteiger partial charge >= 0.3 is 93.2 Å². The van der Waals surface area contributed by atoms with Crippen LogP contribution in [0.25, 0.3) is 10.8 Å². The summed E-state index contributed by atoms with van der Waals surface area (Å²) in [5.74, 6) is 0. The van der Waals surface area contributed by atoms with Crippen LogP contribution in [0.1, 0.15) is 5.56 Å². The molecule has 0 bridgehead atoms. The molecule has 0 saturated carbocycles. The van der Waals surface area contributed by atoms with Crippen molar-refractivity contribution < 1.29 is 24.2 Å². The Kier molecular flexibility index (Phi) is 2.85. The van der Waals surface area contributed by atoms with Gasteiger partial charge in [0.25, 0.3) is 0 Å². The molecule has 0 amide bonds. The number of hydrogen-bond acceptors (Lipinski definition) is 0. The molecule has 1 heteroatoms. The van der Waals surface area contributed by atoms with Crippen molar-refractivity contribution in [3.05, 3.63) is 48.0 Å². The van der Waals surface area contributed by atoms with Gasteiger partial charge in [-0.25, -0.2) is 0 Å². The van der Waals surface area contributed by atoms with Crippen LogP contribution in [-0.2, 0) is 30.7 Å². The predicted octanol–water partition coefficient (Wildman–Crippen LogP) is 2.73. The van der Waals surface area contributed by atoms with Crippen molar-refractivity contribution in [3.63, 3.8) is 0 Å². The van der Waals surface area contributed by atoms with Gasteiger partial charge in [-0.3, -0.25) is 0 Å². The first kappa shape index (κ1) is 9.03. The molecule has 0 radical (unpaired) electrons. The molecule has 60 valence electrons. The van der Waals surface area contributed by atoms with E-state index in [9.17, 15) is 0 Å². The number of hydrogen-bond donors (Lipinski definition) is 0. The Morgan fingerprint density at radius 3 is 2.62 bits per heavy atom. The van der Waals surface area contributed by atoms with Crippen LogP contribution in [0.3, 0.4) is 0 Å². The van der Waals surface area contributed by atoms with Crippen LogP contribution >= 0.6 is 0 Å². The van der Waals surface area contributed by atoms with Crippen LogP contribution in [0.15, 0.2) is 42.5 Å².